The van der Waals surface area contributed by atoms with Crippen LogP contribution in [0.1, 0.15) is 29.1 Å². The maximum Gasteiger partial charge on any atom is 0.337 e. The van der Waals surface area contributed by atoms with Gasteiger partial charge in [0.05, 0.1) is 27.0 Å². The highest BCUT2D eigenvalue weighted by molar-refractivity contribution is 7.16. The van der Waals surface area contributed by atoms with Gasteiger partial charge in [0.1, 0.15) is 0 Å². The number of nitrogens with zero attached hydrogens (tertiary/aromatic N) is 1. The summed E-state index contributed by atoms with van der Waals surface area (Å²) in [7, 11) is 0. The summed E-state index contributed by atoms with van der Waals surface area (Å²) in [6.07, 6.45) is 0.857. The van der Waals surface area contributed by atoms with Crippen molar-refractivity contribution >= 4 is 51.3 Å². The second kappa shape index (κ2) is 8.30. The van der Waals surface area contributed by atoms with Gasteiger partial charge in [-0.2, -0.15) is 0 Å². The van der Waals surface area contributed by atoms with Crippen molar-refractivity contribution in [3.05, 3.63) is 63.0 Å². The molecule has 7 heteroatoms. The van der Waals surface area contributed by atoms with Gasteiger partial charge in [-0.25, -0.2) is 9.78 Å². The molecule has 0 amide bonds. The molecule has 0 unspecified atom stereocenters. The second-order valence-corrected chi connectivity index (χ2v) is 8.39. The van der Waals surface area contributed by atoms with E-state index in [1.54, 1.807) is 36.4 Å². The van der Waals surface area contributed by atoms with Crippen molar-refractivity contribution in [2.75, 3.05) is 5.32 Å². The van der Waals surface area contributed by atoms with E-state index in [0.29, 0.717) is 26.8 Å². The van der Waals surface area contributed by atoms with Crippen LogP contribution in [0, 0.1) is 5.92 Å². The lowest BCUT2D eigenvalue weighted by Crippen LogP contribution is -2.02. The number of nitrogens with one attached hydrogen (secondary N) is 1. The highest BCUT2D eigenvalue weighted by atomic mass is 35.5. The van der Waals surface area contributed by atoms with E-state index in [9.17, 15) is 9.90 Å². The summed E-state index contributed by atoms with van der Waals surface area (Å²) in [6, 6.07) is 12.2. The van der Waals surface area contributed by atoms with Gasteiger partial charge in [0.25, 0.3) is 0 Å². The summed E-state index contributed by atoms with van der Waals surface area (Å²) in [5, 5.41) is 14.1. The van der Waals surface area contributed by atoms with E-state index in [1.165, 1.54) is 11.3 Å². The van der Waals surface area contributed by atoms with Crippen LogP contribution in [0.3, 0.4) is 0 Å². The van der Waals surface area contributed by atoms with E-state index in [4.69, 9.17) is 28.2 Å². The number of hydrogen-bond donors (Lipinski definition) is 2. The zero-order valence-electron chi connectivity index (χ0n) is 14.8. The number of carboxylic acid groups (broad SMARTS) is 1. The Morgan fingerprint density at radius 2 is 1.93 bits per heavy atom. The van der Waals surface area contributed by atoms with Gasteiger partial charge in [-0.05, 0) is 36.6 Å². The molecule has 0 saturated carbocycles. The maximum absolute atomic E-state index is 11.4. The Labute approximate surface area is 171 Å². The predicted octanol–water partition coefficient (Wildman–Crippen LogP) is 6.76. The molecule has 3 rings (SSSR count). The van der Waals surface area contributed by atoms with Gasteiger partial charge < -0.3 is 10.4 Å². The molecule has 0 fully saturated rings. The standard InChI is InChI=1S/C20H18Cl2N2O2S/c1-11(2)9-17-18(12-7-8-14(21)15(22)10-12)24-20(27-17)23-16-6-4-3-5-13(16)19(25)26/h3-8,10-11H,9H2,1-2H3,(H,23,24)(H,25,26). The number of rotatable bonds is 6. The largest absolute Gasteiger partial charge is 0.478 e. The molecule has 1 heterocycles. The molecule has 2 N–H and O–H groups in total. The quantitative estimate of drug-likeness (QED) is 0.462. The Hall–Kier alpha value is -2.08. The van der Waals surface area contributed by atoms with Crippen LogP contribution in [0.15, 0.2) is 42.5 Å². The second-order valence-electron chi connectivity index (χ2n) is 6.49. The normalized spacial score (nSPS) is 11.0. The highest BCUT2D eigenvalue weighted by Gasteiger charge is 2.17. The fourth-order valence-electron chi connectivity index (χ4n) is 2.68. The topological polar surface area (TPSA) is 62.2 Å². The van der Waals surface area contributed by atoms with Crippen molar-refractivity contribution in [3.8, 4) is 11.3 Å². The van der Waals surface area contributed by atoms with E-state index < -0.39 is 5.97 Å². The number of carboxylic acids is 1. The molecule has 2 aromatic carbocycles. The van der Waals surface area contributed by atoms with Gasteiger partial charge in [-0.3, -0.25) is 0 Å². The Morgan fingerprint density at radius 3 is 2.59 bits per heavy atom. The summed E-state index contributed by atoms with van der Waals surface area (Å²) in [6.45, 7) is 4.29. The number of para-hydroxylation sites is 1. The third-order valence-corrected chi connectivity index (χ3v) is 5.62. The van der Waals surface area contributed by atoms with E-state index >= 15 is 0 Å². The molecule has 0 saturated heterocycles. The molecular weight excluding hydrogens is 403 g/mol. The average molecular weight is 421 g/mol. The van der Waals surface area contributed by atoms with Gasteiger partial charge in [-0.1, -0.05) is 55.2 Å². The molecule has 0 atom stereocenters. The number of aromatic carboxylic acids is 1. The minimum atomic E-state index is -0.984. The number of aromatic nitrogens is 1. The monoisotopic (exact) mass is 420 g/mol. The number of halogens is 2. The van der Waals surface area contributed by atoms with Crippen molar-refractivity contribution in [2.45, 2.75) is 20.3 Å². The number of anilines is 2. The van der Waals surface area contributed by atoms with Crippen LogP contribution in [0.25, 0.3) is 11.3 Å². The summed E-state index contributed by atoms with van der Waals surface area (Å²) in [4.78, 5) is 17.3. The van der Waals surface area contributed by atoms with Gasteiger partial charge in [0.2, 0.25) is 0 Å². The average Bonchev–Trinajstić information content (AvgIpc) is 2.99. The van der Waals surface area contributed by atoms with Gasteiger partial charge in [-0.15, -0.1) is 11.3 Å². The first-order chi connectivity index (χ1) is 12.8. The zero-order chi connectivity index (χ0) is 19.6. The molecular formula is C20H18Cl2N2O2S. The molecule has 27 heavy (non-hydrogen) atoms. The van der Waals surface area contributed by atoms with E-state index in [0.717, 1.165) is 22.6 Å². The lowest BCUT2D eigenvalue weighted by molar-refractivity contribution is 0.0698. The van der Waals surface area contributed by atoms with Gasteiger partial charge >= 0.3 is 5.97 Å². The SMILES string of the molecule is CC(C)Cc1sc(Nc2ccccc2C(=O)O)nc1-c1ccc(Cl)c(Cl)c1. The summed E-state index contributed by atoms with van der Waals surface area (Å²) < 4.78 is 0. The molecule has 4 nitrogen and oxygen atoms in total. The van der Waals surface area contributed by atoms with Crippen molar-refractivity contribution in [1.82, 2.24) is 4.98 Å². The van der Waals surface area contributed by atoms with E-state index in [2.05, 4.69) is 19.2 Å². The van der Waals surface area contributed by atoms with Crippen molar-refractivity contribution in [1.29, 1.82) is 0 Å². The summed E-state index contributed by atoms with van der Waals surface area (Å²) >= 11 is 13.7. The predicted molar refractivity (Wildman–Crippen MR) is 113 cm³/mol. The third kappa shape index (κ3) is 4.61. The van der Waals surface area contributed by atoms with Crippen LogP contribution >= 0.6 is 34.5 Å². The molecule has 3 aromatic rings. The Bertz CT molecular complexity index is 986. The molecule has 1 aromatic heterocycles. The van der Waals surface area contributed by atoms with Crippen LogP contribution < -0.4 is 5.32 Å². The maximum atomic E-state index is 11.4. The Balaban J connectivity index is 2.02. The van der Waals surface area contributed by atoms with Crippen molar-refractivity contribution in [3.63, 3.8) is 0 Å². The Kier molecular flexibility index (Phi) is 6.05. The van der Waals surface area contributed by atoms with Crippen LogP contribution in [-0.2, 0) is 6.42 Å². The van der Waals surface area contributed by atoms with Crippen LogP contribution in [0.5, 0.6) is 0 Å². The molecule has 0 aliphatic heterocycles. The van der Waals surface area contributed by atoms with Crippen molar-refractivity contribution in [2.24, 2.45) is 5.92 Å². The number of benzene rings is 2. The molecule has 0 radical (unpaired) electrons. The molecule has 140 valence electrons. The number of thiazole rings is 1. The first-order valence-corrected chi connectivity index (χ1v) is 9.97. The molecule has 0 bridgehead atoms. The molecule has 0 spiro atoms. The Morgan fingerprint density at radius 1 is 1.19 bits per heavy atom. The summed E-state index contributed by atoms with van der Waals surface area (Å²) in [5.41, 5.74) is 2.43. The van der Waals surface area contributed by atoms with E-state index in [1.807, 2.05) is 6.07 Å². The lowest BCUT2D eigenvalue weighted by Gasteiger charge is -2.06. The molecule has 0 aliphatic rings. The van der Waals surface area contributed by atoms with Gasteiger partial charge in [0.15, 0.2) is 5.13 Å². The number of carbonyl (C=O) groups is 1. The third-order valence-electron chi connectivity index (χ3n) is 3.88. The zero-order valence-corrected chi connectivity index (χ0v) is 17.1. The highest BCUT2D eigenvalue weighted by Crippen LogP contribution is 2.37. The minimum absolute atomic E-state index is 0.203. The minimum Gasteiger partial charge on any atom is -0.478 e. The first kappa shape index (κ1) is 19.7. The van der Waals surface area contributed by atoms with E-state index in [-0.39, 0.29) is 5.56 Å². The first-order valence-electron chi connectivity index (χ1n) is 8.39. The smallest absolute Gasteiger partial charge is 0.337 e. The van der Waals surface area contributed by atoms with Crippen LogP contribution in [0.2, 0.25) is 10.0 Å². The summed E-state index contributed by atoms with van der Waals surface area (Å²) in [5.74, 6) is -0.534. The molecule has 0 aliphatic carbocycles. The fraction of sp³-hybridized carbons (Fsp3) is 0.200. The van der Waals surface area contributed by atoms with Crippen molar-refractivity contribution < 1.29 is 9.90 Å². The number of hydrogen-bond acceptors (Lipinski definition) is 4. The van der Waals surface area contributed by atoms with Gasteiger partial charge in [0, 0.05) is 10.4 Å². The van der Waals surface area contributed by atoms with Crippen LogP contribution in [0.4, 0.5) is 10.8 Å². The fourth-order valence-corrected chi connectivity index (χ4v) is 4.18. The van der Waals surface area contributed by atoms with Crippen LogP contribution in [-0.4, -0.2) is 16.1 Å². The lowest BCUT2D eigenvalue weighted by atomic mass is 10.0.